The molecule has 1 aliphatic rings. The molecule has 1 N–H and O–H groups in total. The minimum atomic E-state index is -0.225. The fraction of sp³-hybridized carbons (Fsp3) is 0.471. The number of nitrogens with one attached hydrogen (secondary N) is 1. The van der Waals surface area contributed by atoms with Gasteiger partial charge >= 0.3 is 0 Å². The number of hydrogen-bond donors (Lipinski definition) is 1. The first-order valence-electron chi connectivity index (χ1n) is 7.44. The highest BCUT2D eigenvalue weighted by Crippen LogP contribution is 2.37. The van der Waals surface area contributed by atoms with E-state index in [1.165, 1.54) is 5.56 Å². The highest BCUT2D eigenvalue weighted by atomic mass is 16.5. The Labute approximate surface area is 125 Å². The molecule has 0 saturated carbocycles. The van der Waals surface area contributed by atoms with Crippen molar-refractivity contribution < 1.29 is 9.47 Å². The van der Waals surface area contributed by atoms with Gasteiger partial charge in [0.15, 0.2) is 0 Å². The summed E-state index contributed by atoms with van der Waals surface area (Å²) in [5.74, 6) is 0. The molecule has 0 aliphatic carbocycles. The lowest BCUT2D eigenvalue weighted by Crippen LogP contribution is -2.48. The summed E-state index contributed by atoms with van der Waals surface area (Å²) in [6.45, 7) is 1.49. The van der Waals surface area contributed by atoms with E-state index in [4.69, 9.17) is 9.47 Å². The van der Waals surface area contributed by atoms with E-state index in [1.807, 2.05) is 31.4 Å². The monoisotopic (exact) mass is 286 g/mol. The zero-order valence-electron chi connectivity index (χ0n) is 12.6. The van der Waals surface area contributed by atoms with Gasteiger partial charge in [0.2, 0.25) is 0 Å². The van der Waals surface area contributed by atoms with Gasteiger partial charge in [-0.3, -0.25) is 4.98 Å². The molecule has 4 heteroatoms. The van der Waals surface area contributed by atoms with E-state index in [9.17, 15) is 0 Å². The second kappa shape index (κ2) is 6.10. The lowest BCUT2D eigenvalue weighted by molar-refractivity contribution is -0.110. The standard InChI is InChI=1S/C17H22N2O2/c1-18-16(17(20-2)7-9-21-10-8-17)14-11-13-5-3-4-6-15(13)19-12-14/h3-6,11-12,16,18H,7-10H2,1-2H3. The number of methoxy groups -OCH3 is 1. The van der Waals surface area contributed by atoms with Crippen molar-refractivity contribution in [3.8, 4) is 0 Å². The van der Waals surface area contributed by atoms with Gasteiger partial charge < -0.3 is 14.8 Å². The Balaban J connectivity index is 2.00. The van der Waals surface area contributed by atoms with Crippen molar-refractivity contribution in [2.75, 3.05) is 27.4 Å². The second-order valence-corrected chi connectivity index (χ2v) is 5.56. The molecular formula is C17H22N2O2. The molecule has 1 aromatic heterocycles. The van der Waals surface area contributed by atoms with Gasteiger partial charge in [-0.2, -0.15) is 0 Å². The molecule has 1 fully saturated rings. The molecular weight excluding hydrogens is 264 g/mol. The third-order valence-electron chi connectivity index (χ3n) is 4.51. The van der Waals surface area contributed by atoms with Gasteiger partial charge in [0.25, 0.3) is 0 Å². The first kappa shape index (κ1) is 14.4. The van der Waals surface area contributed by atoms with Crippen LogP contribution in [0.25, 0.3) is 10.9 Å². The molecule has 112 valence electrons. The van der Waals surface area contributed by atoms with Crippen LogP contribution in [0.4, 0.5) is 0 Å². The van der Waals surface area contributed by atoms with Crippen LogP contribution in [0.15, 0.2) is 36.5 Å². The van der Waals surface area contributed by atoms with Crippen molar-refractivity contribution in [1.29, 1.82) is 0 Å². The van der Waals surface area contributed by atoms with Crippen molar-refractivity contribution in [3.05, 3.63) is 42.1 Å². The van der Waals surface area contributed by atoms with Gasteiger partial charge in [0.1, 0.15) is 0 Å². The van der Waals surface area contributed by atoms with E-state index in [-0.39, 0.29) is 11.6 Å². The molecule has 4 nitrogen and oxygen atoms in total. The predicted molar refractivity (Wildman–Crippen MR) is 83.3 cm³/mol. The Morgan fingerprint density at radius 3 is 2.76 bits per heavy atom. The maximum atomic E-state index is 5.93. The Bertz CT molecular complexity index is 609. The smallest absolute Gasteiger partial charge is 0.0916 e. The highest BCUT2D eigenvalue weighted by Gasteiger charge is 2.41. The molecule has 0 amide bonds. The summed E-state index contributed by atoms with van der Waals surface area (Å²) in [5, 5.41) is 4.58. The summed E-state index contributed by atoms with van der Waals surface area (Å²) < 4.78 is 11.4. The topological polar surface area (TPSA) is 43.4 Å². The SMILES string of the molecule is CNC(c1cnc2ccccc2c1)C1(OC)CCOCC1. The molecule has 1 aromatic carbocycles. The van der Waals surface area contributed by atoms with E-state index < -0.39 is 0 Å². The number of pyridine rings is 1. The Hall–Kier alpha value is -1.49. The average Bonchev–Trinajstić information content (AvgIpc) is 2.56. The van der Waals surface area contributed by atoms with Crippen LogP contribution in [0, 0.1) is 0 Å². The van der Waals surface area contributed by atoms with Crippen LogP contribution in [0.5, 0.6) is 0 Å². The number of fused-ring (bicyclic) bond motifs is 1. The number of aromatic nitrogens is 1. The number of para-hydroxylation sites is 1. The Morgan fingerprint density at radius 1 is 1.29 bits per heavy atom. The summed E-state index contributed by atoms with van der Waals surface area (Å²) in [6.07, 6.45) is 3.74. The molecule has 21 heavy (non-hydrogen) atoms. The molecule has 1 saturated heterocycles. The van der Waals surface area contributed by atoms with Gasteiger partial charge in [0, 0.05) is 44.7 Å². The van der Waals surface area contributed by atoms with E-state index in [0.717, 1.165) is 37.0 Å². The zero-order chi connectivity index (χ0) is 14.7. The average molecular weight is 286 g/mol. The molecule has 1 aliphatic heterocycles. The largest absolute Gasteiger partial charge is 0.381 e. The van der Waals surface area contributed by atoms with Gasteiger partial charge in [0.05, 0.1) is 17.2 Å². The molecule has 0 radical (unpaired) electrons. The van der Waals surface area contributed by atoms with Crippen LogP contribution < -0.4 is 5.32 Å². The van der Waals surface area contributed by atoms with E-state index >= 15 is 0 Å². The number of rotatable bonds is 4. The minimum absolute atomic E-state index is 0.114. The predicted octanol–water partition coefficient (Wildman–Crippen LogP) is 2.69. The van der Waals surface area contributed by atoms with E-state index in [1.54, 1.807) is 7.11 Å². The van der Waals surface area contributed by atoms with Gasteiger partial charge in [-0.05, 0) is 24.7 Å². The molecule has 0 spiro atoms. The zero-order valence-corrected chi connectivity index (χ0v) is 12.6. The van der Waals surface area contributed by atoms with Crippen LogP contribution in [0.2, 0.25) is 0 Å². The van der Waals surface area contributed by atoms with Crippen LogP contribution in [0.3, 0.4) is 0 Å². The Morgan fingerprint density at radius 2 is 2.05 bits per heavy atom. The van der Waals surface area contributed by atoms with Crippen LogP contribution in [-0.4, -0.2) is 38.0 Å². The van der Waals surface area contributed by atoms with E-state index in [2.05, 4.69) is 22.4 Å². The first-order valence-corrected chi connectivity index (χ1v) is 7.44. The number of benzene rings is 1. The third kappa shape index (κ3) is 2.67. The maximum Gasteiger partial charge on any atom is 0.0916 e. The maximum absolute atomic E-state index is 5.93. The second-order valence-electron chi connectivity index (χ2n) is 5.56. The molecule has 3 rings (SSSR count). The van der Waals surface area contributed by atoms with Crippen molar-refractivity contribution in [3.63, 3.8) is 0 Å². The van der Waals surface area contributed by atoms with Crippen LogP contribution >= 0.6 is 0 Å². The number of likely N-dealkylation sites (N-methyl/N-ethyl adjacent to an activating group) is 1. The quantitative estimate of drug-likeness (QED) is 0.938. The fourth-order valence-corrected chi connectivity index (χ4v) is 3.31. The van der Waals surface area contributed by atoms with Crippen LogP contribution in [-0.2, 0) is 9.47 Å². The normalized spacial score (nSPS) is 19.5. The Kier molecular flexibility index (Phi) is 4.19. The number of nitrogens with zero attached hydrogens (tertiary/aromatic N) is 1. The third-order valence-corrected chi connectivity index (χ3v) is 4.51. The van der Waals surface area contributed by atoms with Gasteiger partial charge in [-0.15, -0.1) is 0 Å². The highest BCUT2D eigenvalue weighted by molar-refractivity contribution is 5.78. The van der Waals surface area contributed by atoms with E-state index in [0.29, 0.717) is 0 Å². The number of ether oxygens (including phenoxy) is 2. The van der Waals surface area contributed by atoms with Gasteiger partial charge in [-0.1, -0.05) is 18.2 Å². The summed E-state index contributed by atoms with van der Waals surface area (Å²) >= 11 is 0. The van der Waals surface area contributed by atoms with Crippen molar-refractivity contribution in [1.82, 2.24) is 10.3 Å². The summed E-state index contributed by atoms with van der Waals surface area (Å²) in [6, 6.07) is 10.5. The summed E-state index contributed by atoms with van der Waals surface area (Å²) in [4.78, 5) is 4.58. The van der Waals surface area contributed by atoms with Gasteiger partial charge in [-0.25, -0.2) is 0 Å². The fourth-order valence-electron chi connectivity index (χ4n) is 3.31. The summed E-state index contributed by atoms with van der Waals surface area (Å²) in [7, 11) is 3.78. The summed E-state index contributed by atoms with van der Waals surface area (Å²) in [5.41, 5.74) is 1.96. The number of hydrogen-bond acceptors (Lipinski definition) is 4. The first-order chi connectivity index (χ1) is 10.3. The van der Waals surface area contributed by atoms with Crippen LogP contribution in [0.1, 0.15) is 24.4 Å². The van der Waals surface area contributed by atoms with Crippen molar-refractivity contribution in [2.24, 2.45) is 0 Å². The van der Waals surface area contributed by atoms with Crippen molar-refractivity contribution >= 4 is 10.9 Å². The lowest BCUT2D eigenvalue weighted by Gasteiger charge is -2.42. The molecule has 2 heterocycles. The molecule has 1 unspecified atom stereocenters. The molecule has 2 aromatic rings. The lowest BCUT2D eigenvalue weighted by atomic mass is 9.82. The molecule has 1 atom stereocenters. The van der Waals surface area contributed by atoms with Crippen molar-refractivity contribution in [2.45, 2.75) is 24.5 Å². The molecule has 0 bridgehead atoms. The minimum Gasteiger partial charge on any atom is -0.381 e.